The van der Waals surface area contributed by atoms with Crippen LogP contribution >= 0.6 is 0 Å². The van der Waals surface area contributed by atoms with Gasteiger partial charge < -0.3 is 4.98 Å². The lowest BCUT2D eigenvalue weighted by molar-refractivity contribution is 0.543. The number of nitrogens with one attached hydrogen (secondary N) is 2. The summed E-state index contributed by atoms with van der Waals surface area (Å²) in [6.45, 7) is -0.0764. The van der Waals surface area contributed by atoms with Crippen LogP contribution < -0.4 is 4.72 Å². The molecule has 0 saturated carbocycles. The summed E-state index contributed by atoms with van der Waals surface area (Å²) in [5.41, 5.74) is 1.53. The average Bonchev–Trinajstić information content (AvgIpc) is 2.88. The van der Waals surface area contributed by atoms with Gasteiger partial charge in [-0.2, -0.15) is 0 Å². The predicted molar refractivity (Wildman–Crippen MR) is 74.3 cm³/mol. The first-order valence-corrected chi connectivity index (χ1v) is 7.58. The zero-order valence-electron chi connectivity index (χ0n) is 10.7. The average molecular weight is 306 g/mol. The van der Waals surface area contributed by atoms with E-state index in [1.54, 1.807) is 0 Å². The molecule has 21 heavy (non-hydrogen) atoms. The number of fused-ring (bicyclic) bond motifs is 1. The molecular formula is C13H11FN4O2S. The fourth-order valence-corrected chi connectivity index (χ4v) is 2.88. The number of rotatable bonds is 4. The van der Waals surface area contributed by atoms with Crippen LogP contribution in [0.4, 0.5) is 4.39 Å². The van der Waals surface area contributed by atoms with Crippen LogP contribution in [0, 0.1) is 5.82 Å². The van der Waals surface area contributed by atoms with E-state index in [1.807, 2.05) is 24.3 Å². The normalized spacial score (nSPS) is 11.9. The van der Waals surface area contributed by atoms with Crippen molar-refractivity contribution in [3.05, 3.63) is 54.2 Å². The first-order chi connectivity index (χ1) is 10.1. The van der Waals surface area contributed by atoms with E-state index in [0.29, 0.717) is 5.82 Å². The standard InChI is InChI=1S/C13H11FN4O2S/c14-9-4-3-7-15-13(9)21(19,20)16-8-12-17-10-5-1-2-6-11(10)18-12/h1-7,16H,8H2,(H,17,18). The maximum absolute atomic E-state index is 13.5. The Morgan fingerprint density at radius 1 is 1.19 bits per heavy atom. The van der Waals surface area contributed by atoms with Crippen molar-refractivity contribution in [3.8, 4) is 0 Å². The molecule has 0 amide bonds. The summed E-state index contributed by atoms with van der Waals surface area (Å²) in [7, 11) is -4.02. The van der Waals surface area contributed by atoms with E-state index in [4.69, 9.17) is 0 Å². The van der Waals surface area contributed by atoms with Gasteiger partial charge in [0.05, 0.1) is 17.6 Å². The molecule has 0 aliphatic rings. The number of benzene rings is 1. The van der Waals surface area contributed by atoms with Crippen LogP contribution in [0.3, 0.4) is 0 Å². The second kappa shape index (κ2) is 5.23. The first kappa shape index (κ1) is 13.7. The topological polar surface area (TPSA) is 87.7 Å². The second-order valence-corrected chi connectivity index (χ2v) is 6.00. The van der Waals surface area contributed by atoms with Gasteiger partial charge in [-0.15, -0.1) is 0 Å². The molecule has 8 heteroatoms. The van der Waals surface area contributed by atoms with Gasteiger partial charge in [0.2, 0.25) is 5.03 Å². The summed E-state index contributed by atoms with van der Waals surface area (Å²) >= 11 is 0. The number of nitrogens with zero attached hydrogens (tertiary/aromatic N) is 2. The Bertz CT molecular complexity index is 859. The number of halogens is 1. The fraction of sp³-hybridized carbons (Fsp3) is 0.0769. The number of sulfonamides is 1. The number of aromatic amines is 1. The van der Waals surface area contributed by atoms with Gasteiger partial charge in [0.25, 0.3) is 10.0 Å². The van der Waals surface area contributed by atoms with Crippen molar-refractivity contribution in [1.29, 1.82) is 0 Å². The number of hydrogen-bond acceptors (Lipinski definition) is 4. The Kier molecular flexibility index (Phi) is 3.40. The molecule has 0 aliphatic carbocycles. The maximum Gasteiger partial charge on any atom is 0.261 e. The number of pyridine rings is 1. The van der Waals surface area contributed by atoms with E-state index in [-0.39, 0.29) is 6.54 Å². The molecular weight excluding hydrogens is 295 g/mol. The number of aromatic nitrogens is 3. The summed E-state index contributed by atoms with van der Waals surface area (Å²) in [5.74, 6) is -0.453. The molecule has 0 aliphatic heterocycles. The Balaban J connectivity index is 1.82. The van der Waals surface area contributed by atoms with E-state index in [1.165, 1.54) is 12.3 Å². The molecule has 2 aromatic heterocycles. The van der Waals surface area contributed by atoms with Crippen molar-refractivity contribution in [2.24, 2.45) is 0 Å². The SMILES string of the molecule is O=S(=O)(NCc1nc2ccccc2[nH]1)c1ncccc1F. The van der Waals surface area contributed by atoms with Gasteiger partial charge in [-0.1, -0.05) is 12.1 Å². The molecule has 0 saturated heterocycles. The van der Waals surface area contributed by atoms with Gasteiger partial charge >= 0.3 is 0 Å². The van der Waals surface area contributed by atoms with Crippen LogP contribution in [0.5, 0.6) is 0 Å². The molecule has 1 aromatic carbocycles. The minimum atomic E-state index is -4.02. The molecule has 0 radical (unpaired) electrons. The molecule has 0 bridgehead atoms. The van der Waals surface area contributed by atoms with Gasteiger partial charge in [0.15, 0.2) is 5.82 Å². The zero-order chi connectivity index (χ0) is 14.9. The molecule has 0 unspecified atom stereocenters. The van der Waals surface area contributed by atoms with Crippen molar-refractivity contribution in [2.45, 2.75) is 11.6 Å². The zero-order valence-corrected chi connectivity index (χ0v) is 11.6. The van der Waals surface area contributed by atoms with Crippen molar-refractivity contribution in [2.75, 3.05) is 0 Å². The van der Waals surface area contributed by atoms with Crippen LogP contribution in [0.2, 0.25) is 0 Å². The minimum absolute atomic E-state index is 0.0764. The lowest BCUT2D eigenvalue weighted by Gasteiger charge is -2.04. The van der Waals surface area contributed by atoms with Crippen molar-refractivity contribution < 1.29 is 12.8 Å². The van der Waals surface area contributed by atoms with Gasteiger partial charge in [0.1, 0.15) is 5.82 Å². The van der Waals surface area contributed by atoms with Gasteiger partial charge in [0, 0.05) is 6.20 Å². The molecule has 6 nitrogen and oxygen atoms in total. The van der Waals surface area contributed by atoms with Crippen LogP contribution in [0.25, 0.3) is 11.0 Å². The molecule has 2 heterocycles. The minimum Gasteiger partial charge on any atom is -0.341 e. The van der Waals surface area contributed by atoms with E-state index in [0.717, 1.165) is 17.1 Å². The molecule has 2 N–H and O–H groups in total. The highest BCUT2D eigenvalue weighted by molar-refractivity contribution is 7.89. The largest absolute Gasteiger partial charge is 0.341 e. The molecule has 3 aromatic rings. The van der Waals surface area contributed by atoms with Gasteiger partial charge in [-0.25, -0.2) is 27.5 Å². The first-order valence-electron chi connectivity index (χ1n) is 6.10. The third-order valence-electron chi connectivity index (χ3n) is 2.85. The highest BCUT2D eigenvalue weighted by atomic mass is 32.2. The highest BCUT2D eigenvalue weighted by Crippen LogP contribution is 2.12. The molecule has 0 atom stereocenters. The van der Waals surface area contributed by atoms with Gasteiger partial charge in [-0.05, 0) is 24.3 Å². The highest BCUT2D eigenvalue weighted by Gasteiger charge is 2.20. The Labute approximate surface area is 120 Å². The van der Waals surface area contributed by atoms with Crippen molar-refractivity contribution >= 4 is 21.1 Å². The van der Waals surface area contributed by atoms with Gasteiger partial charge in [-0.3, -0.25) is 0 Å². The van der Waals surface area contributed by atoms with E-state index >= 15 is 0 Å². The summed E-state index contributed by atoms with van der Waals surface area (Å²) in [6, 6.07) is 9.69. The summed E-state index contributed by atoms with van der Waals surface area (Å²) in [5, 5.41) is -0.624. The fourth-order valence-electron chi connectivity index (χ4n) is 1.89. The molecule has 0 fully saturated rings. The van der Waals surface area contributed by atoms with Crippen LogP contribution in [-0.2, 0) is 16.6 Å². The maximum atomic E-state index is 13.5. The summed E-state index contributed by atoms with van der Waals surface area (Å²) in [4.78, 5) is 10.8. The Morgan fingerprint density at radius 2 is 2.00 bits per heavy atom. The lowest BCUT2D eigenvalue weighted by atomic mass is 10.3. The third-order valence-corrected chi connectivity index (χ3v) is 4.18. The molecule has 108 valence electrons. The number of H-pyrrole nitrogens is 1. The Hall–Kier alpha value is -2.32. The molecule has 3 rings (SSSR count). The van der Waals surface area contributed by atoms with Crippen LogP contribution in [0.15, 0.2) is 47.6 Å². The smallest absolute Gasteiger partial charge is 0.261 e. The summed E-state index contributed by atoms with van der Waals surface area (Å²) in [6.07, 6.45) is 1.22. The predicted octanol–water partition coefficient (Wildman–Crippen LogP) is 1.58. The summed E-state index contributed by atoms with van der Waals surface area (Å²) < 4.78 is 39.7. The van der Waals surface area contributed by atoms with Crippen molar-refractivity contribution in [1.82, 2.24) is 19.7 Å². The lowest BCUT2D eigenvalue weighted by Crippen LogP contribution is -2.25. The van der Waals surface area contributed by atoms with Crippen LogP contribution in [0.1, 0.15) is 5.82 Å². The van der Waals surface area contributed by atoms with E-state index in [2.05, 4.69) is 19.7 Å². The monoisotopic (exact) mass is 306 g/mol. The Morgan fingerprint density at radius 3 is 2.76 bits per heavy atom. The van der Waals surface area contributed by atoms with E-state index in [9.17, 15) is 12.8 Å². The quantitative estimate of drug-likeness (QED) is 0.766. The van der Waals surface area contributed by atoms with E-state index < -0.39 is 20.9 Å². The molecule has 0 spiro atoms. The number of hydrogen-bond donors (Lipinski definition) is 2. The second-order valence-electron chi connectivity index (χ2n) is 4.32. The van der Waals surface area contributed by atoms with Crippen LogP contribution in [-0.4, -0.2) is 23.4 Å². The number of imidazole rings is 1. The third kappa shape index (κ3) is 2.76. The number of para-hydroxylation sites is 2. The van der Waals surface area contributed by atoms with Crippen molar-refractivity contribution in [3.63, 3.8) is 0 Å².